The molecule has 144 valence electrons. The van der Waals surface area contributed by atoms with E-state index in [1.807, 2.05) is 5.38 Å². The van der Waals surface area contributed by atoms with Gasteiger partial charge in [-0.1, -0.05) is 43.5 Å². The number of anilines is 1. The van der Waals surface area contributed by atoms with Crippen molar-refractivity contribution in [2.75, 3.05) is 25.0 Å². The van der Waals surface area contributed by atoms with Crippen molar-refractivity contribution in [3.05, 3.63) is 35.2 Å². The minimum absolute atomic E-state index is 0.0837. The monoisotopic (exact) mass is 384 g/mol. The van der Waals surface area contributed by atoms with Crippen molar-refractivity contribution < 1.29 is 9.69 Å². The number of quaternary nitrogens is 1. The van der Waals surface area contributed by atoms with Gasteiger partial charge in [0.05, 0.1) is 18.8 Å². The van der Waals surface area contributed by atoms with Crippen molar-refractivity contribution in [2.45, 2.75) is 57.3 Å². The third-order valence-corrected chi connectivity index (χ3v) is 6.76. The fourth-order valence-corrected chi connectivity index (χ4v) is 5.18. The van der Waals surface area contributed by atoms with Gasteiger partial charge in [-0.05, 0) is 43.6 Å². The number of amides is 1. The minimum Gasteiger partial charge on any atom is -0.327 e. The van der Waals surface area contributed by atoms with Gasteiger partial charge < -0.3 is 4.90 Å². The Kier molecular flexibility index (Phi) is 6.20. The number of likely N-dealkylation sites (tertiary alicyclic amines) is 1. The lowest BCUT2D eigenvalue weighted by atomic mass is 9.84. The standard InChI is InChI=1S/C22H29N3OS/c26-21(15-25-13-5-2-6-14-25)24-22-23-20(16-27-22)19-11-9-18(10-12-19)17-7-3-1-4-8-17/h9-12,16-17H,1-8,13-15H2,(H,23,24,26)/p+1. The molecule has 0 bridgehead atoms. The van der Waals surface area contributed by atoms with Crippen LogP contribution in [0.25, 0.3) is 11.3 Å². The predicted molar refractivity (Wildman–Crippen MR) is 111 cm³/mol. The smallest absolute Gasteiger partial charge is 0.281 e. The van der Waals surface area contributed by atoms with Crippen molar-refractivity contribution in [1.29, 1.82) is 0 Å². The van der Waals surface area contributed by atoms with E-state index in [9.17, 15) is 4.79 Å². The zero-order valence-corrected chi connectivity index (χ0v) is 16.8. The van der Waals surface area contributed by atoms with Gasteiger partial charge in [0.2, 0.25) is 0 Å². The summed E-state index contributed by atoms with van der Waals surface area (Å²) in [5.41, 5.74) is 3.55. The van der Waals surface area contributed by atoms with Crippen LogP contribution in [0.1, 0.15) is 62.8 Å². The second kappa shape index (κ2) is 8.98. The molecule has 0 spiro atoms. The zero-order valence-electron chi connectivity index (χ0n) is 16.0. The molecule has 2 fully saturated rings. The number of nitrogens with zero attached hydrogens (tertiary/aromatic N) is 1. The average molecular weight is 385 g/mol. The number of aromatic nitrogens is 1. The first kappa shape index (κ1) is 18.6. The van der Waals surface area contributed by atoms with Crippen LogP contribution < -0.4 is 10.2 Å². The summed E-state index contributed by atoms with van der Waals surface area (Å²) in [6.45, 7) is 2.79. The first-order chi connectivity index (χ1) is 13.3. The third kappa shape index (κ3) is 4.96. The number of thiazole rings is 1. The number of nitrogens with one attached hydrogen (secondary N) is 2. The van der Waals surface area contributed by atoms with Gasteiger partial charge in [-0.2, -0.15) is 0 Å². The highest BCUT2D eigenvalue weighted by atomic mass is 32.1. The van der Waals surface area contributed by atoms with Crippen molar-refractivity contribution in [1.82, 2.24) is 4.98 Å². The lowest BCUT2D eigenvalue weighted by Gasteiger charge is -2.22. The zero-order chi connectivity index (χ0) is 18.5. The lowest BCUT2D eigenvalue weighted by molar-refractivity contribution is -0.896. The molecule has 0 radical (unpaired) electrons. The van der Waals surface area contributed by atoms with E-state index in [0.29, 0.717) is 11.7 Å². The molecule has 1 aliphatic carbocycles. The van der Waals surface area contributed by atoms with Crippen LogP contribution in [0.5, 0.6) is 0 Å². The Balaban J connectivity index is 1.34. The summed E-state index contributed by atoms with van der Waals surface area (Å²) in [6.07, 6.45) is 10.5. The van der Waals surface area contributed by atoms with E-state index in [4.69, 9.17) is 0 Å². The molecule has 5 heteroatoms. The van der Waals surface area contributed by atoms with E-state index in [-0.39, 0.29) is 5.91 Å². The van der Waals surface area contributed by atoms with Crippen LogP contribution in [0.3, 0.4) is 0 Å². The highest BCUT2D eigenvalue weighted by Gasteiger charge is 2.19. The second-order valence-electron chi connectivity index (χ2n) is 8.03. The highest BCUT2D eigenvalue weighted by molar-refractivity contribution is 7.14. The summed E-state index contributed by atoms with van der Waals surface area (Å²) >= 11 is 1.51. The summed E-state index contributed by atoms with van der Waals surface area (Å²) in [5, 5.41) is 5.74. The van der Waals surface area contributed by atoms with Crippen LogP contribution >= 0.6 is 11.3 Å². The number of carbonyl (C=O) groups excluding carboxylic acids is 1. The molecule has 1 saturated carbocycles. The maximum absolute atomic E-state index is 12.3. The maximum Gasteiger partial charge on any atom is 0.281 e. The lowest BCUT2D eigenvalue weighted by Crippen LogP contribution is -3.13. The summed E-state index contributed by atoms with van der Waals surface area (Å²) < 4.78 is 0. The molecule has 1 aromatic heterocycles. The number of hydrogen-bond acceptors (Lipinski definition) is 3. The number of piperidine rings is 1. The predicted octanol–water partition coefficient (Wildman–Crippen LogP) is 3.87. The molecule has 4 rings (SSSR count). The van der Waals surface area contributed by atoms with Gasteiger partial charge in [0, 0.05) is 10.9 Å². The fraction of sp³-hybridized carbons (Fsp3) is 0.545. The van der Waals surface area contributed by atoms with Crippen LogP contribution in [-0.2, 0) is 4.79 Å². The summed E-state index contributed by atoms with van der Waals surface area (Å²) in [4.78, 5) is 18.3. The Morgan fingerprint density at radius 2 is 1.74 bits per heavy atom. The molecule has 2 N–H and O–H groups in total. The molecule has 0 unspecified atom stereocenters. The Morgan fingerprint density at radius 3 is 2.48 bits per heavy atom. The Labute approximate surface area is 166 Å². The number of benzene rings is 1. The number of hydrogen-bond donors (Lipinski definition) is 2. The summed E-state index contributed by atoms with van der Waals surface area (Å²) in [7, 11) is 0. The fourth-order valence-electron chi connectivity index (χ4n) is 4.44. The van der Waals surface area contributed by atoms with Gasteiger partial charge in [0.25, 0.3) is 5.91 Å². The normalized spacial score (nSPS) is 19.1. The largest absolute Gasteiger partial charge is 0.327 e. The molecule has 1 aromatic carbocycles. The average Bonchev–Trinajstić information content (AvgIpc) is 3.18. The van der Waals surface area contributed by atoms with Gasteiger partial charge in [-0.3, -0.25) is 10.1 Å². The molecule has 2 aromatic rings. The molecule has 1 saturated heterocycles. The molecule has 1 aliphatic heterocycles. The molecule has 2 aliphatic rings. The Bertz CT molecular complexity index is 743. The molecular formula is C22H30N3OS+. The molecule has 27 heavy (non-hydrogen) atoms. The van der Waals surface area contributed by atoms with Gasteiger partial charge >= 0.3 is 0 Å². The van der Waals surface area contributed by atoms with E-state index in [1.165, 1.54) is 73.2 Å². The van der Waals surface area contributed by atoms with Gasteiger partial charge in [0.15, 0.2) is 11.7 Å². The summed E-state index contributed by atoms with van der Waals surface area (Å²) in [6, 6.07) is 8.90. The van der Waals surface area contributed by atoms with Crippen molar-refractivity contribution >= 4 is 22.4 Å². The van der Waals surface area contributed by atoms with Gasteiger partial charge in [0.1, 0.15) is 0 Å². The highest BCUT2D eigenvalue weighted by Crippen LogP contribution is 2.34. The van der Waals surface area contributed by atoms with E-state index < -0.39 is 0 Å². The van der Waals surface area contributed by atoms with Crippen molar-refractivity contribution in [3.8, 4) is 11.3 Å². The van der Waals surface area contributed by atoms with E-state index in [0.717, 1.165) is 30.3 Å². The Morgan fingerprint density at radius 1 is 1.04 bits per heavy atom. The first-order valence-electron chi connectivity index (χ1n) is 10.5. The Hall–Kier alpha value is -1.72. The van der Waals surface area contributed by atoms with E-state index >= 15 is 0 Å². The van der Waals surface area contributed by atoms with Crippen LogP contribution in [0.2, 0.25) is 0 Å². The van der Waals surface area contributed by atoms with Gasteiger partial charge in [-0.25, -0.2) is 4.98 Å². The van der Waals surface area contributed by atoms with Crippen LogP contribution in [-0.4, -0.2) is 30.5 Å². The van der Waals surface area contributed by atoms with Crippen LogP contribution in [0.15, 0.2) is 29.6 Å². The van der Waals surface area contributed by atoms with Gasteiger partial charge in [-0.15, -0.1) is 11.3 Å². The number of carbonyl (C=O) groups is 1. The SMILES string of the molecule is O=C(C[NH+]1CCCCC1)Nc1nc(-c2ccc(C3CCCCC3)cc2)cs1. The van der Waals surface area contributed by atoms with E-state index in [1.54, 1.807) is 0 Å². The molecule has 2 heterocycles. The topological polar surface area (TPSA) is 46.4 Å². The van der Waals surface area contributed by atoms with Crippen LogP contribution in [0.4, 0.5) is 5.13 Å². The first-order valence-corrected chi connectivity index (χ1v) is 11.4. The molecular weight excluding hydrogens is 354 g/mol. The third-order valence-electron chi connectivity index (χ3n) is 6.00. The molecule has 4 nitrogen and oxygen atoms in total. The summed E-state index contributed by atoms with van der Waals surface area (Å²) in [5.74, 6) is 0.816. The quantitative estimate of drug-likeness (QED) is 0.822. The van der Waals surface area contributed by atoms with E-state index in [2.05, 4.69) is 34.6 Å². The second-order valence-corrected chi connectivity index (χ2v) is 8.89. The number of rotatable bonds is 5. The molecule has 1 amide bonds. The minimum atomic E-state index is 0.0837. The molecule has 0 atom stereocenters. The van der Waals surface area contributed by atoms with Crippen LogP contribution in [0, 0.1) is 0 Å². The van der Waals surface area contributed by atoms with Crippen molar-refractivity contribution in [2.24, 2.45) is 0 Å². The maximum atomic E-state index is 12.3. The van der Waals surface area contributed by atoms with Crippen molar-refractivity contribution in [3.63, 3.8) is 0 Å².